The number of benzene rings is 1. The average Bonchev–Trinajstić information content (AvgIpc) is 2.47. The SMILES string of the molecule is COC(=O)CCS[C@@H](C)C(=O)Nc1ccc(C(N)=O)cc1. The van der Waals surface area contributed by atoms with Gasteiger partial charge in [0.2, 0.25) is 11.8 Å². The van der Waals surface area contributed by atoms with Crippen molar-refractivity contribution < 1.29 is 19.1 Å². The molecule has 0 saturated heterocycles. The van der Waals surface area contributed by atoms with Crippen LogP contribution in [0.3, 0.4) is 0 Å². The lowest BCUT2D eigenvalue weighted by Gasteiger charge is -2.11. The number of carbonyl (C=O) groups excluding carboxylic acids is 3. The van der Waals surface area contributed by atoms with Crippen LogP contribution in [0, 0.1) is 0 Å². The predicted octanol–water partition coefficient (Wildman–Crippen LogP) is 1.41. The van der Waals surface area contributed by atoms with E-state index < -0.39 is 5.91 Å². The summed E-state index contributed by atoms with van der Waals surface area (Å²) in [6, 6.07) is 6.33. The van der Waals surface area contributed by atoms with E-state index in [4.69, 9.17) is 5.73 Å². The largest absolute Gasteiger partial charge is 0.469 e. The molecule has 0 unspecified atom stereocenters. The van der Waals surface area contributed by atoms with Crippen molar-refractivity contribution in [2.45, 2.75) is 18.6 Å². The molecule has 1 aromatic rings. The molecule has 7 heteroatoms. The van der Waals surface area contributed by atoms with Crippen LogP contribution in [0.1, 0.15) is 23.7 Å². The van der Waals surface area contributed by atoms with E-state index in [9.17, 15) is 14.4 Å². The smallest absolute Gasteiger partial charge is 0.306 e. The molecule has 21 heavy (non-hydrogen) atoms. The summed E-state index contributed by atoms with van der Waals surface area (Å²) in [5, 5.41) is 2.43. The van der Waals surface area contributed by atoms with Crippen LogP contribution < -0.4 is 11.1 Å². The lowest BCUT2D eigenvalue weighted by molar-refractivity contribution is -0.140. The molecule has 1 rings (SSSR count). The number of hydrogen-bond acceptors (Lipinski definition) is 5. The minimum absolute atomic E-state index is 0.170. The quantitative estimate of drug-likeness (QED) is 0.742. The lowest BCUT2D eigenvalue weighted by Crippen LogP contribution is -2.23. The highest BCUT2D eigenvalue weighted by Crippen LogP contribution is 2.16. The Balaban J connectivity index is 2.44. The first-order chi connectivity index (χ1) is 9.93. The maximum Gasteiger partial charge on any atom is 0.306 e. The Kier molecular flexibility index (Phi) is 6.74. The highest BCUT2D eigenvalue weighted by Gasteiger charge is 2.14. The van der Waals surface area contributed by atoms with Gasteiger partial charge in [0.15, 0.2) is 0 Å². The predicted molar refractivity (Wildman–Crippen MR) is 82.1 cm³/mol. The van der Waals surface area contributed by atoms with Gasteiger partial charge in [-0.1, -0.05) is 0 Å². The molecule has 114 valence electrons. The number of methoxy groups -OCH3 is 1. The first-order valence-corrected chi connectivity index (χ1v) is 7.38. The van der Waals surface area contributed by atoms with Gasteiger partial charge in [-0.3, -0.25) is 14.4 Å². The van der Waals surface area contributed by atoms with Crippen molar-refractivity contribution in [2.75, 3.05) is 18.2 Å². The Bertz CT molecular complexity index is 516. The fourth-order valence-electron chi connectivity index (χ4n) is 1.46. The van der Waals surface area contributed by atoms with Crippen molar-refractivity contribution >= 4 is 35.2 Å². The minimum atomic E-state index is -0.514. The van der Waals surface area contributed by atoms with Gasteiger partial charge in [0.1, 0.15) is 0 Å². The third-order valence-electron chi connectivity index (χ3n) is 2.71. The highest BCUT2D eigenvalue weighted by atomic mass is 32.2. The molecule has 0 saturated carbocycles. The molecule has 3 N–H and O–H groups in total. The molecule has 1 aromatic carbocycles. The molecule has 0 spiro atoms. The van der Waals surface area contributed by atoms with Crippen LogP contribution in [0.2, 0.25) is 0 Å². The van der Waals surface area contributed by atoms with E-state index in [0.29, 0.717) is 17.0 Å². The fraction of sp³-hybridized carbons (Fsp3) is 0.357. The van der Waals surface area contributed by atoms with Gasteiger partial charge in [-0.25, -0.2) is 0 Å². The number of rotatable bonds is 7. The van der Waals surface area contributed by atoms with E-state index in [1.807, 2.05) is 0 Å². The van der Waals surface area contributed by atoms with E-state index in [1.54, 1.807) is 31.2 Å². The van der Waals surface area contributed by atoms with Crippen LogP contribution in [0.5, 0.6) is 0 Å². The Morgan fingerprint density at radius 1 is 1.29 bits per heavy atom. The summed E-state index contributed by atoms with van der Waals surface area (Å²) < 4.78 is 4.53. The topological polar surface area (TPSA) is 98.5 Å². The zero-order chi connectivity index (χ0) is 15.8. The third-order valence-corrected chi connectivity index (χ3v) is 3.86. The van der Waals surface area contributed by atoms with Crippen LogP contribution in [-0.4, -0.2) is 35.9 Å². The van der Waals surface area contributed by atoms with Crippen LogP contribution in [-0.2, 0) is 14.3 Å². The standard InChI is InChI=1S/C14H18N2O4S/c1-9(21-8-7-12(17)20-2)14(19)16-11-5-3-10(4-6-11)13(15)18/h3-6,9H,7-8H2,1-2H3,(H2,15,18)(H,16,19)/t9-/m0/s1. The molecule has 0 aliphatic carbocycles. The van der Waals surface area contributed by atoms with E-state index in [0.717, 1.165) is 0 Å². The van der Waals surface area contributed by atoms with E-state index in [1.165, 1.54) is 18.9 Å². The van der Waals surface area contributed by atoms with Gasteiger partial charge in [-0.2, -0.15) is 0 Å². The van der Waals surface area contributed by atoms with Crippen molar-refractivity contribution in [1.82, 2.24) is 0 Å². The molecule has 0 aromatic heterocycles. The number of carbonyl (C=O) groups is 3. The third kappa shape index (κ3) is 5.86. The first kappa shape index (κ1) is 17.0. The van der Waals surface area contributed by atoms with Gasteiger partial charge in [0.25, 0.3) is 0 Å². The van der Waals surface area contributed by atoms with Crippen molar-refractivity contribution in [3.63, 3.8) is 0 Å². The van der Waals surface area contributed by atoms with Crippen LogP contribution in [0.4, 0.5) is 5.69 Å². The maximum absolute atomic E-state index is 11.9. The zero-order valence-electron chi connectivity index (χ0n) is 11.9. The van der Waals surface area contributed by atoms with E-state index >= 15 is 0 Å². The summed E-state index contributed by atoms with van der Waals surface area (Å²) >= 11 is 1.37. The molecule has 0 fully saturated rings. The Labute approximate surface area is 127 Å². The monoisotopic (exact) mass is 310 g/mol. The Morgan fingerprint density at radius 3 is 2.43 bits per heavy atom. The number of amides is 2. The number of hydrogen-bond donors (Lipinski definition) is 2. The normalized spacial score (nSPS) is 11.5. The summed E-state index contributed by atoms with van der Waals surface area (Å²) in [6.07, 6.45) is 0.270. The van der Waals surface area contributed by atoms with Gasteiger partial charge in [-0.05, 0) is 31.2 Å². The number of primary amides is 1. The fourth-order valence-corrected chi connectivity index (χ4v) is 2.31. The first-order valence-electron chi connectivity index (χ1n) is 6.33. The highest BCUT2D eigenvalue weighted by molar-refractivity contribution is 8.00. The van der Waals surface area contributed by atoms with Crippen molar-refractivity contribution in [2.24, 2.45) is 5.73 Å². The molecule has 0 radical (unpaired) electrons. The number of esters is 1. The van der Waals surface area contributed by atoms with Crippen molar-refractivity contribution in [1.29, 1.82) is 0 Å². The van der Waals surface area contributed by atoms with Crippen LogP contribution >= 0.6 is 11.8 Å². The number of nitrogens with two attached hydrogens (primary N) is 1. The maximum atomic E-state index is 11.9. The molecular weight excluding hydrogens is 292 g/mol. The van der Waals surface area contributed by atoms with Gasteiger partial charge < -0.3 is 15.8 Å². The van der Waals surface area contributed by atoms with E-state index in [-0.39, 0.29) is 23.5 Å². The van der Waals surface area contributed by atoms with E-state index in [2.05, 4.69) is 10.1 Å². The number of anilines is 1. The Hall–Kier alpha value is -2.02. The van der Waals surface area contributed by atoms with Crippen LogP contribution in [0.25, 0.3) is 0 Å². The molecule has 6 nitrogen and oxygen atoms in total. The molecular formula is C14H18N2O4S. The van der Waals surface area contributed by atoms with Gasteiger partial charge in [-0.15, -0.1) is 11.8 Å². The average molecular weight is 310 g/mol. The van der Waals surface area contributed by atoms with Gasteiger partial charge >= 0.3 is 5.97 Å². The number of ether oxygens (including phenoxy) is 1. The van der Waals surface area contributed by atoms with Gasteiger partial charge in [0, 0.05) is 17.0 Å². The summed E-state index contributed by atoms with van der Waals surface area (Å²) in [6.45, 7) is 1.76. The lowest BCUT2D eigenvalue weighted by atomic mass is 10.2. The van der Waals surface area contributed by atoms with Crippen LogP contribution in [0.15, 0.2) is 24.3 Å². The number of thioether (sulfide) groups is 1. The second-order valence-electron chi connectivity index (χ2n) is 4.27. The molecule has 0 aliphatic heterocycles. The molecule has 1 atom stereocenters. The zero-order valence-corrected chi connectivity index (χ0v) is 12.7. The summed E-state index contributed by atoms with van der Waals surface area (Å²) in [7, 11) is 1.33. The second kappa shape index (κ2) is 8.31. The summed E-state index contributed by atoms with van der Waals surface area (Å²) in [5.41, 5.74) is 6.11. The minimum Gasteiger partial charge on any atom is -0.469 e. The summed E-state index contributed by atoms with van der Waals surface area (Å²) in [5.74, 6) is -0.463. The second-order valence-corrected chi connectivity index (χ2v) is 5.72. The summed E-state index contributed by atoms with van der Waals surface area (Å²) in [4.78, 5) is 33.8. The molecule has 2 amide bonds. The molecule has 0 bridgehead atoms. The Morgan fingerprint density at radius 2 is 1.90 bits per heavy atom. The van der Waals surface area contributed by atoms with Crippen molar-refractivity contribution in [3.05, 3.63) is 29.8 Å². The molecule has 0 aliphatic rings. The van der Waals surface area contributed by atoms with Crippen molar-refractivity contribution in [3.8, 4) is 0 Å². The van der Waals surface area contributed by atoms with Gasteiger partial charge in [0.05, 0.1) is 18.8 Å². The molecule has 0 heterocycles. The number of nitrogens with one attached hydrogen (secondary N) is 1.